The van der Waals surface area contributed by atoms with Crippen LogP contribution in [0, 0.1) is 0 Å². The Kier molecular flexibility index (Phi) is 5.70. The van der Waals surface area contributed by atoms with Crippen molar-refractivity contribution in [3.8, 4) is 0 Å². The number of rotatable bonds is 5. The van der Waals surface area contributed by atoms with Crippen LogP contribution in [0.5, 0.6) is 0 Å². The van der Waals surface area contributed by atoms with Gasteiger partial charge in [-0.3, -0.25) is 18.7 Å². The molecule has 2 aromatic carbocycles. The van der Waals surface area contributed by atoms with Gasteiger partial charge in [0.05, 0.1) is 10.9 Å². The minimum atomic E-state index is -0.481. The van der Waals surface area contributed by atoms with Gasteiger partial charge in [0.1, 0.15) is 6.54 Å². The van der Waals surface area contributed by atoms with Gasteiger partial charge in [-0.25, -0.2) is 4.79 Å². The average Bonchev–Trinajstić information content (AvgIpc) is 2.70. The molecule has 6 nitrogen and oxygen atoms in total. The first kappa shape index (κ1) is 19.9. The van der Waals surface area contributed by atoms with E-state index in [-0.39, 0.29) is 24.1 Å². The summed E-state index contributed by atoms with van der Waals surface area (Å²) in [6, 6.07) is 13.5. The quantitative estimate of drug-likeness (QED) is 0.660. The number of anilines is 1. The molecule has 7 heteroatoms. The van der Waals surface area contributed by atoms with Crippen LogP contribution in [0.2, 0.25) is 5.02 Å². The van der Waals surface area contributed by atoms with Crippen LogP contribution in [0.4, 0.5) is 5.69 Å². The molecule has 0 aliphatic rings. The third-order valence-corrected chi connectivity index (χ3v) is 5.21. The molecule has 3 rings (SSSR count). The van der Waals surface area contributed by atoms with Crippen LogP contribution >= 0.6 is 11.6 Å². The molecule has 0 spiro atoms. The molecule has 0 saturated heterocycles. The van der Waals surface area contributed by atoms with E-state index in [1.54, 1.807) is 55.6 Å². The van der Waals surface area contributed by atoms with E-state index in [1.807, 2.05) is 13.8 Å². The highest BCUT2D eigenvalue weighted by atomic mass is 35.5. The Morgan fingerprint density at radius 3 is 2.54 bits per heavy atom. The van der Waals surface area contributed by atoms with E-state index >= 15 is 0 Å². The number of nitrogens with zero attached hydrogens (tertiary/aromatic N) is 3. The molecule has 146 valence electrons. The van der Waals surface area contributed by atoms with Crippen molar-refractivity contribution in [2.45, 2.75) is 32.9 Å². The molecule has 1 unspecified atom stereocenters. The van der Waals surface area contributed by atoms with E-state index in [0.29, 0.717) is 28.0 Å². The summed E-state index contributed by atoms with van der Waals surface area (Å²) in [6.07, 6.45) is 0.629. The van der Waals surface area contributed by atoms with Crippen molar-refractivity contribution < 1.29 is 4.79 Å². The lowest BCUT2D eigenvalue weighted by atomic mass is 10.2. The second-order valence-corrected chi connectivity index (χ2v) is 7.19. The maximum Gasteiger partial charge on any atom is 0.332 e. The predicted molar refractivity (Wildman–Crippen MR) is 112 cm³/mol. The molecule has 0 saturated carbocycles. The number of para-hydroxylation sites is 1. The average molecular weight is 400 g/mol. The van der Waals surface area contributed by atoms with Gasteiger partial charge in [0.2, 0.25) is 5.91 Å². The second kappa shape index (κ2) is 8.02. The molecule has 0 fully saturated rings. The monoisotopic (exact) mass is 399 g/mol. The Hall–Kier alpha value is -2.86. The van der Waals surface area contributed by atoms with Gasteiger partial charge in [-0.2, -0.15) is 0 Å². The summed E-state index contributed by atoms with van der Waals surface area (Å²) in [4.78, 5) is 40.2. The topological polar surface area (TPSA) is 64.3 Å². The van der Waals surface area contributed by atoms with E-state index in [2.05, 4.69) is 0 Å². The zero-order valence-corrected chi connectivity index (χ0v) is 16.8. The number of benzene rings is 2. The third kappa shape index (κ3) is 3.60. The molecule has 0 bridgehead atoms. The number of aromatic nitrogens is 2. The first-order chi connectivity index (χ1) is 13.3. The van der Waals surface area contributed by atoms with Crippen LogP contribution in [-0.2, 0) is 11.3 Å². The predicted octanol–water partition coefficient (Wildman–Crippen LogP) is 3.45. The van der Waals surface area contributed by atoms with Gasteiger partial charge in [-0.1, -0.05) is 36.7 Å². The van der Waals surface area contributed by atoms with Crippen molar-refractivity contribution >= 4 is 34.1 Å². The molecular formula is C21H22ClN3O3. The maximum absolute atomic E-state index is 13.1. The van der Waals surface area contributed by atoms with E-state index in [0.717, 1.165) is 0 Å². The Morgan fingerprint density at radius 1 is 1.14 bits per heavy atom. The summed E-state index contributed by atoms with van der Waals surface area (Å²) in [5.41, 5.74) is 0.266. The largest absolute Gasteiger partial charge is 0.332 e. The third-order valence-electron chi connectivity index (χ3n) is 4.98. The van der Waals surface area contributed by atoms with Crippen LogP contribution in [0.15, 0.2) is 58.1 Å². The number of fused-ring (bicyclic) bond motifs is 1. The normalized spacial score (nSPS) is 12.1. The molecule has 1 amide bonds. The molecule has 0 N–H and O–H groups in total. The summed E-state index contributed by atoms with van der Waals surface area (Å²) in [5.74, 6) is -0.288. The van der Waals surface area contributed by atoms with E-state index < -0.39 is 5.69 Å². The molecule has 0 aliphatic heterocycles. The Bertz CT molecular complexity index is 1150. The molecule has 0 aliphatic carbocycles. The zero-order valence-electron chi connectivity index (χ0n) is 16.1. The Morgan fingerprint density at radius 2 is 1.86 bits per heavy atom. The van der Waals surface area contributed by atoms with Crippen LogP contribution in [0.3, 0.4) is 0 Å². The summed E-state index contributed by atoms with van der Waals surface area (Å²) in [6.45, 7) is 3.55. The highest BCUT2D eigenvalue weighted by Gasteiger charge is 2.19. The fourth-order valence-electron chi connectivity index (χ4n) is 3.13. The van der Waals surface area contributed by atoms with Crippen LogP contribution in [0.1, 0.15) is 26.3 Å². The van der Waals surface area contributed by atoms with Crippen LogP contribution in [0.25, 0.3) is 10.9 Å². The molecule has 0 radical (unpaired) electrons. The zero-order chi connectivity index (χ0) is 20.4. The van der Waals surface area contributed by atoms with Gasteiger partial charge in [-0.15, -0.1) is 0 Å². The fraction of sp³-hybridized carbons (Fsp3) is 0.286. The van der Waals surface area contributed by atoms with Crippen molar-refractivity contribution in [1.82, 2.24) is 9.13 Å². The minimum Gasteiger partial charge on any atom is -0.314 e. The van der Waals surface area contributed by atoms with Crippen molar-refractivity contribution in [2.24, 2.45) is 0 Å². The molecule has 1 heterocycles. The van der Waals surface area contributed by atoms with Gasteiger partial charge in [0, 0.05) is 23.8 Å². The van der Waals surface area contributed by atoms with Gasteiger partial charge in [-0.05, 0) is 43.7 Å². The maximum atomic E-state index is 13.1. The van der Waals surface area contributed by atoms with Gasteiger partial charge in [0.25, 0.3) is 5.56 Å². The van der Waals surface area contributed by atoms with E-state index in [1.165, 1.54) is 14.0 Å². The minimum absolute atomic E-state index is 0.181. The molecular weight excluding hydrogens is 378 g/mol. The lowest BCUT2D eigenvalue weighted by Gasteiger charge is -2.21. The first-order valence-corrected chi connectivity index (χ1v) is 9.49. The van der Waals surface area contributed by atoms with Crippen molar-refractivity contribution in [3.63, 3.8) is 0 Å². The van der Waals surface area contributed by atoms with Gasteiger partial charge < -0.3 is 4.90 Å². The van der Waals surface area contributed by atoms with Crippen LogP contribution in [-0.4, -0.2) is 22.1 Å². The number of carbonyl (C=O) groups is 1. The number of halogens is 1. The number of amides is 1. The van der Waals surface area contributed by atoms with E-state index in [4.69, 9.17) is 11.6 Å². The fourth-order valence-corrected chi connectivity index (χ4v) is 3.32. The number of carbonyl (C=O) groups excluding carboxylic acids is 1. The molecule has 1 atom stereocenters. The Labute approximate surface area is 167 Å². The van der Waals surface area contributed by atoms with Gasteiger partial charge >= 0.3 is 5.69 Å². The molecule has 28 heavy (non-hydrogen) atoms. The summed E-state index contributed by atoms with van der Waals surface area (Å²) in [5, 5.41) is 0.936. The first-order valence-electron chi connectivity index (χ1n) is 9.11. The SMILES string of the molecule is CCC(C)n1c(=O)c2ccccc2n(CC(=O)N(C)c2cccc(Cl)c2)c1=O. The summed E-state index contributed by atoms with van der Waals surface area (Å²) in [7, 11) is 1.63. The highest BCUT2D eigenvalue weighted by Crippen LogP contribution is 2.19. The number of hydrogen-bond acceptors (Lipinski definition) is 3. The molecule has 3 aromatic rings. The summed E-state index contributed by atoms with van der Waals surface area (Å²) < 4.78 is 2.60. The van der Waals surface area contributed by atoms with Crippen molar-refractivity contribution in [3.05, 3.63) is 74.4 Å². The smallest absolute Gasteiger partial charge is 0.314 e. The number of hydrogen-bond donors (Lipinski definition) is 0. The molecule has 1 aromatic heterocycles. The van der Waals surface area contributed by atoms with Crippen molar-refractivity contribution in [2.75, 3.05) is 11.9 Å². The summed E-state index contributed by atoms with van der Waals surface area (Å²) >= 11 is 6.01. The second-order valence-electron chi connectivity index (χ2n) is 6.75. The van der Waals surface area contributed by atoms with E-state index in [9.17, 15) is 14.4 Å². The number of likely N-dealkylation sites (N-methyl/N-ethyl adjacent to an activating group) is 1. The van der Waals surface area contributed by atoms with Gasteiger partial charge in [0.15, 0.2) is 0 Å². The lowest BCUT2D eigenvalue weighted by molar-refractivity contribution is -0.118. The lowest BCUT2D eigenvalue weighted by Crippen LogP contribution is -2.44. The standard InChI is InChI=1S/C21H22ClN3O3/c1-4-14(2)25-20(27)17-10-5-6-11-18(17)24(21(25)28)13-19(26)23(3)16-9-7-8-15(22)12-16/h5-12,14H,4,13H2,1-3H3. The van der Waals surface area contributed by atoms with Crippen molar-refractivity contribution in [1.29, 1.82) is 0 Å². The Balaban J connectivity index is 2.11. The highest BCUT2D eigenvalue weighted by molar-refractivity contribution is 6.30. The van der Waals surface area contributed by atoms with Crippen LogP contribution < -0.4 is 16.1 Å².